The Bertz CT molecular complexity index is 578. The highest BCUT2D eigenvalue weighted by Crippen LogP contribution is 2.05. The SMILES string of the molecule is C1CO1.Nc1ccc(C(=O)O)cc1.Nc1ccc(C(=O)O)cc1. The van der Waals surface area contributed by atoms with Crippen LogP contribution in [0.4, 0.5) is 11.4 Å². The van der Waals surface area contributed by atoms with Gasteiger partial charge in [-0.25, -0.2) is 9.59 Å². The highest BCUT2D eigenvalue weighted by atomic mass is 16.6. The van der Waals surface area contributed by atoms with Gasteiger partial charge in [-0.05, 0) is 48.5 Å². The highest BCUT2D eigenvalue weighted by Gasteiger charge is 1.99. The molecule has 1 aliphatic heterocycles. The maximum atomic E-state index is 10.3. The smallest absolute Gasteiger partial charge is 0.335 e. The molecule has 1 aliphatic rings. The predicted molar refractivity (Wildman–Crippen MR) is 86.4 cm³/mol. The Morgan fingerprint density at radius 2 is 1.00 bits per heavy atom. The van der Waals surface area contributed by atoms with Gasteiger partial charge in [0.15, 0.2) is 0 Å². The van der Waals surface area contributed by atoms with E-state index in [9.17, 15) is 9.59 Å². The van der Waals surface area contributed by atoms with Crippen molar-refractivity contribution in [1.29, 1.82) is 0 Å². The molecule has 1 fully saturated rings. The molecule has 7 heteroatoms. The van der Waals surface area contributed by atoms with Crippen LogP contribution in [0, 0.1) is 0 Å². The van der Waals surface area contributed by atoms with Gasteiger partial charge < -0.3 is 26.4 Å². The molecule has 7 nitrogen and oxygen atoms in total. The molecule has 23 heavy (non-hydrogen) atoms. The lowest BCUT2D eigenvalue weighted by Crippen LogP contribution is -1.95. The standard InChI is InChI=1S/2C7H7NO2.C2H4O/c2*8-6-3-1-5(2-4-6)7(9)10;1-2-3-1/h2*1-4H,8H2,(H,9,10);1-2H2. The van der Waals surface area contributed by atoms with Crippen molar-refractivity contribution in [3.8, 4) is 0 Å². The molecule has 0 unspecified atom stereocenters. The number of anilines is 2. The van der Waals surface area contributed by atoms with E-state index in [1.165, 1.54) is 24.3 Å². The first kappa shape index (κ1) is 18.0. The van der Waals surface area contributed by atoms with E-state index in [1.807, 2.05) is 0 Å². The van der Waals surface area contributed by atoms with E-state index in [2.05, 4.69) is 4.74 Å². The van der Waals surface area contributed by atoms with Crippen molar-refractivity contribution in [1.82, 2.24) is 0 Å². The number of nitrogens with two attached hydrogens (primary N) is 2. The molecule has 1 saturated heterocycles. The monoisotopic (exact) mass is 318 g/mol. The number of carboxylic acid groups (broad SMARTS) is 2. The molecule has 0 amide bonds. The van der Waals surface area contributed by atoms with Gasteiger partial charge >= 0.3 is 11.9 Å². The number of carbonyl (C=O) groups is 2. The van der Waals surface area contributed by atoms with Crippen molar-refractivity contribution >= 4 is 23.3 Å². The molecule has 0 spiro atoms. The summed E-state index contributed by atoms with van der Waals surface area (Å²) in [6, 6.07) is 12.1. The van der Waals surface area contributed by atoms with Crippen LogP contribution in [0.2, 0.25) is 0 Å². The number of nitrogen functional groups attached to an aromatic ring is 2. The lowest BCUT2D eigenvalue weighted by Gasteiger charge is -1.93. The van der Waals surface area contributed by atoms with Gasteiger partial charge in [0, 0.05) is 11.4 Å². The molecule has 0 atom stereocenters. The molecule has 6 N–H and O–H groups in total. The summed E-state index contributed by atoms with van der Waals surface area (Å²) < 4.78 is 4.50. The van der Waals surface area contributed by atoms with E-state index in [0.29, 0.717) is 11.4 Å². The fourth-order valence-electron chi connectivity index (χ4n) is 1.25. The number of hydrogen-bond donors (Lipinski definition) is 4. The Balaban J connectivity index is 0.000000194. The maximum absolute atomic E-state index is 10.3. The second-order valence-electron chi connectivity index (χ2n) is 4.47. The molecule has 0 aromatic heterocycles. The van der Waals surface area contributed by atoms with Crippen molar-refractivity contribution in [2.75, 3.05) is 24.7 Å². The molecule has 1 heterocycles. The number of hydrogen-bond acceptors (Lipinski definition) is 5. The van der Waals surface area contributed by atoms with Crippen molar-refractivity contribution in [3.63, 3.8) is 0 Å². The molecule has 2 aromatic carbocycles. The number of rotatable bonds is 2. The molecule has 0 bridgehead atoms. The predicted octanol–water partition coefficient (Wildman–Crippen LogP) is 1.95. The summed E-state index contributed by atoms with van der Waals surface area (Å²) in [7, 11) is 0. The van der Waals surface area contributed by atoms with Crippen molar-refractivity contribution in [2.24, 2.45) is 0 Å². The van der Waals surface area contributed by atoms with E-state index in [1.54, 1.807) is 24.3 Å². The first-order valence-corrected chi connectivity index (χ1v) is 6.65. The molecule has 0 saturated carbocycles. The normalized spacial score (nSPS) is 11.1. The van der Waals surface area contributed by atoms with Gasteiger partial charge in [-0.2, -0.15) is 0 Å². The van der Waals surface area contributed by atoms with Gasteiger partial charge in [0.2, 0.25) is 0 Å². The molecule has 2 aromatic rings. The average molecular weight is 318 g/mol. The molecular formula is C16H18N2O5. The Hall–Kier alpha value is -3.06. The van der Waals surface area contributed by atoms with Gasteiger partial charge in [-0.1, -0.05) is 0 Å². The molecule has 122 valence electrons. The second kappa shape index (κ2) is 9.06. The Kier molecular flexibility index (Phi) is 7.09. The Morgan fingerprint density at radius 3 is 1.17 bits per heavy atom. The summed E-state index contributed by atoms with van der Waals surface area (Å²) >= 11 is 0. The number of epoxide rings is 1. The summed E-state index contributed by atoms with van der Waals surface area (Å²) in [6.45, 7) is 2.00. The summed E-state index contributed by atoms with van der Waals surface area (Å²) in [4.78, 5) is 20.5. The van der Waals surface area contributed by atoms with E-state index in [-0.39, 0.29) is 11.1 Å². The van der Waals surface area contributed by atoms with Crippen LogP contribution in [0.15, 0.2) is 48.5 Å². The number of ether oxygens (including phenoxy) is 1. The number of aromatic carboxylic acids is 2. The first-order valence-electron chi connectivity index (χ1n) is 6.65. The summed E-state index contributed by atoms with van der Waals surface area (Å²) in [5, 5.41) is 16.9. The van der Waals surface area contributed by atoms with E-state index in [4.69, 9.17) is 21.7 Å². The molecular weight excluding hydrogens is 300 g/mol. The van der Waals surface area contributed by atoms with Crippen LogP contribution < -0.4 is 11.5 Å². The quantitative estimate of drug-likeness (QED) is 0.490. The van der Waals surface area contributed by atoms with E-state index in [0.717, 1.165) is 13.2 Å². The van der Waals surface area contributed by atoms with Crippen LogP contribution in [0.5, 0.6) is 0 Å². The van der Waals surface area contributed by atoms with Gasteiger partial charge in [-0.3, -0.25) is 0 Å². The van der Waals surface area contributed by atoms with Crippen LogP contribution >= 0.6 is 0 Å². The molecule has 3 rings (SSSR count). The van der Waals surface area contributed by atoms with Crippen LogP contribution in [0.1, 0.15) is 20.7 Å². The highest BCUT2D eigenvalue weighted by molar-refractivity contribution is 5.88. The van der Waals surface area contributed by atoms with Gasteiger partial charge in [0.25, 0.3) is 0 Å². The van der Waals surface area contributed by atoms with Crippen LogP contribution in [-0.4, -0.2) is 35.4 Å². The first-order chi connectivity index (χ1) is 10.9. The van der Waals surface area contributed by atoms with Crippen molar-refractivity contribution < 1.29 is 24.5 Å². The van der Waals surface area contributed by atoms with E-state index >= 15 is 0 Å². The zero-order valence-corrected chi connectivity index (χ0v) is 12.3. The molecule has 0 aliphatic carbocycles. The van der Waals surface area contributed by atoms with Crippen LogP contribution in [-0.2, 0) is 4.74 Å². The zero-order valence-electron chi connectivity index (χ0n) is 12.3. The molecule has 0 radical (unpaired) electrons. The number of carboxylic acids is 2. The summed E-state index contributed by atoms with van der Waals surface area (Å²) in [5.74, 6) is -1.86. The fraction of sp³-hybridized carbons (Fsp3) is 0.125. The van der Waals surface area contributed by atoms with Crippen molar-refractivity contribution in [3.05, 3.63) is 59.7 Å². The summed E-state index contributed by atoms with van der Waals surface area (Å²) in [6.07, 6.45) is 0. The minimum Gasteiger partial charge on any atom is -0.478 e. The third-order valence-corrected chi connectivity index (χ3v) is 2.52. The lowest BCUT2D eigenvalue weighted by atomic mass is 10.2. The van der Waals surface area contributed by atoms with Gasteiger partial charge in [0.1, 0.15) is 0 Å². The van der Waals surface area contributed by atoms with Gasteiger partial charge in [-0.15, -0.1) is 0 Å². The Morgan fingerprint density at radius 1 is 0.739 bits per heavy atom. The largest absolute Gasteiger partial charge is 0.478 e. The van der Waals surface area contributed by atoms with Crippen LogP contribution in [0.3, 0.4) is 0 Å². The minimum absolute atomic E-state index is 0.259. The fourth-order valence-corrected chi connectivity index (χ4v) is 1.25. The third-order valence-electron chi connectivity index (χ3n) is 2.52. The van der Waals surface area contributed by atoms with E-state index < -0.39 is 11.9 Å². The van der Waals surface area contributed by atoms with Crippen LogP contribution in [0.25, 0.3) is 0 Å². The third kappa shape index (κ3) is 8.08. The Labute approximate surface area is 133 Å². The van der Waals surface area contributed by atoms with Crippen molar-refractivity contribution in [2.45, 2.75) is 0 Å². The lowest BCUT2D eigenvalue weighted by molar-refractivity contribution is 0.0686. The average Bonchev–Trinajstić information content (AvgIpc) is 3.37. The maximum Gasteiger partial charge on any atom is 0.335 e. The summed E-state index contributed by atoms with van der Waals surface area (Å²) in [5.41, 5.74) is 12.3. The zero-order chi connectivity index (χ0) is 17.2. The minimum atomic E-state index is -0.931. The van der Waals surface area contributed by atoms with Gasteiger partial charge in [0.05, 0.1) is 24.3 Å². The topological polar surface area (TPSA) is 139 Å². The number of benzene rings is 2. The second-order valence-corrected chi connectivity index (χ2v) is 4.47.